The van der Waals surface area contributed by atoms with Crippen molar-refractivity contribution in [1.29, 1.82) is 0 Å². The molecule has 1 aliphatic heterocycles. The number of esters is 1. The molecule has 1 aliphatic carbocycles. The largest absolute Gasteiger partial charge is 0.465 e. The number of benzene rings is 2. The van der Waals surface area contributed by atoms with Gasteiger partial charge in [-0.25, -0.2) is 4.79 Å². The Bertz CT molecular complexity index is 975. The van der Waals surface area contributed by atoms with Crippen LogP contribution in [0.5, 0.6) is 0 Å². The van der Waals surface area contributed by atoms with Gasteiger partial charge in [0.25, 0.3) is 0 Å². The quantitative estimate of drug-likeness (QED) is 0.639. The van der Waals surface area contributed by atoms with Crippen molar-refractivity contribution in [2.45, 2.75) is 38.1 Å². The molecule has 6 atom stereocenters. The van der Waals surface area contributed by atoms with Gasteiger partial charge in [-0.2, -0.15) is 0 Å². The van der Waals surface area contributed by atoms with Gasteiger partial charge in [-0.05, 0) is 72.4 Å². The van der Waals surface area contributed by atoms with Gasteiger partial charge in [0, 0.05) is 22.0 Å². The Balaban J connectivity index is 1.81. The number of carbonyl (C=O) groups excluding carboxylic acids is 2. The van der Waals surface area contributed by atoms with E-state index in [0.717, 1.165) is 17.5 Å². The number of carbonyl (C=O) groups is 2. The van der Waals surface area contributed by atoms with E-state index in [1.165, 1.54) is 7.11 Å². The molecule has 1 saturated heterocycles. The van der Waals surface area contributed by atoms with E-state index in [1.54, 1.807) is 12.1 Å². The molecule has 6 heteroatoms. The smallest absolute Gasteiger partial charge is 0.337 e. The van der Waals surface area contributed by atoms with E-state index < -0.39 is 5.97 Å². The summed E-state index contributed by atoms with van der Waals surface area (Å²) in [6.07, 6.45) is 0.839. The molecular formula is C24H25Cl2NO3. The standard InChI is InChI=1S/C24H25Cl2NO3/c1-12-10-18(17-9-6-15(11-19(17)26)24(29)30-3)22(14-4-7-16(25)8-5-14)21-13(2)27-23(28)20(12)21/h4-9,11-13,18,20-22H,10H2,1-3H3,(H,27,28)/t12-,13-,18+,20?,21-,22+/m1/s1. The molecule has 0 radical (unpaired) electrons. The Morgan fingerprint density at radius 3 is 2.40 bits per heavy atom. The number of ether oxygens (including phenoxy) is 1. The molecular weight excluding hydrogens is 421 g/mol. The van der Waals surface area contributed by atoms with Gasteiger partial charge in [-0.15, -0.1) is 0 Å². The van der Waals surface area contributed by atoms with Crippen LogP contribution in [-0.2, 0) is 9.53 Å². The van der Waals surface area contributed by atoms with Gasteiger partial charge < -0.3 is 10.1 Å². The van der Waals surface area contributed by atoms with Crippen LogP contribution in [0.15, 0.2) is 42.5 Å². The third-order valence-corrected chi connectivity index (χ3v) is 7.41. The molecule has 0 aromatic heterocycles. The van der Waals surface area contributed by atoms with Crippen LogP contribution in [0.25, 0.3) is 0 Å². The molecule has 1 N–H and O–H groups in total. The van der Waals surface area contributed by atoms with Gasteiger partial charge in [0.1, 0.15) is 0 Å². The molecule has 0 spiro atoms. The summed E-state index contributed by atoms with van der Waals surface area (Å²) >= 11 is 12.8. The fraction of sp³-hybridized carbons (Fsp3) is 0.417. The molecule has 0 bridgehead atoms. The highest BCUT2D eigenvalue weighted by Gasteiger charge is 2.53. The van der Waals surface area contributed by atoms with Crippen LogP contribution in [0, 0.1) is 17.8 Å². The molecule has 1 heterocycles. The van der Waals surface area contributed by atoms with Crippen molar-refractivity contribution in [2.75, 3.05) is 7.11 Å². The number of methoxy groups -OCH3 is 1. The lowest BCUT2D eigenvalue weighted by Crippen LogP contribution is -2.39. The number of nitrogens with one attached hydrogen (secondary N) is 1. The summed E-state index contributed by atoms with van der Waals surface area (Å²) in [6, 6.07) is 13.4. The van der Waals surface area contributed by atoms with Crippen LogP contribution < -0.4 is 5.32 Å². The number of hydrogen-bond donors (Lipinski definition) is 1. The van der Waals surface area contributed by atoms with Crippen LogP contribution in [0.2, 0.25) is 10.0 Å². The van der Waals surface area contributed by atoms with Crippen molar-refractivity contribution < 1.29 is 14.3 Å². The highest BCUT2D eigenvalue weighted by Crippen LogP contribution is 2.55. The molecule has 158 valence electrons. The van der Waals surface area contributed by atoms with Crippen molar-refractivity contribution >= 4 is 35.1 Å². The number of amides is 1. The Kier molecular flexibility index (Phi) is 5.82. The van der Waals surface area contributed by atoms with Gasteiger partial charge in [-0.3, -0.25) is 4.79 Å². The number of rotatable bonds is 3. The minimum atomic E-state index is -0.408. The SMILES string of the molecule is COC(=O)c1ccc([C@@H]2C[C@@H](C)C3C(=O)N[C@H](C)[C@H]3[C@H]2c2ccc(Cl)cc2)c(Cl)c1. The number of hydrogen-bond acceptors (Lipinski definition) is 3. The summed E-state index contributed by atoms with van der Waals surface area (Å²) in [6.45, 7) is 4.24. The van der Waals surface area contributed by atoms with Gasteiger partial charge in [-0.1, -0.05) is 48.3 Å². The average Bonchev–Trinajstić information content (AvgIpc) is 3.02. The summed E-state index contributed by atoms with van der Waals surface area (Å²) in [4.78, 5) is 24.6. The molecule has 2 aromatic carbocycles. The second-order valence-electron chi connectivity index (χ2n) is 8.53. The van der Waals surface area contributed by atoms with E-state index in [1.807, 2.05) is 18.2 Å². The van der Waals surface area contributed by atoms with E-state index in [-0.39, 0.29) is 41.5 Å². The fourth-order valence-electron chi connectivity index (χ4n) is 5.57. The number of fused-ring (bicyclic) bond motifs is 1. The minimum absolute atomic E-state index is 0.0231. The molecule has 2 aliphatic rings. The second kappa shape index (κ2) is 8.24. The zero-order chi connectivity index (χ0) is 21.6. The summed E-state index contributed by atoms with van der Waals surface area (Å²) < 4.78 is 4.82. The van der Waals surface area contributed by atoms with Crippen molar-refractivity contribution in [2.24, 2.45) is 17.8 Å². The maximum Gasteiger partial charge on any atom is 0.337 e. The summed E-state index contributed by atoms with van der Waals surface area (Å²) in [5.41, 5.74) is 2.59. The van der Waals surface area contributed by atoms with E-state index in [4.69, 9.17) is 27.9 Å². The van der Waals surface area contributed by atoms with Crippen molar-refractivity contribution in [3.8, 4) is 0 Å². The molecule has 1 amide bonds. The molecule has 2 fully saturated rings. The fourth-order valence-corrected chi connectivity index (χ4v) is 6.02. The van der Waals surface area contributed by atoms with E-state index in [0.29, 0.717) is 15.6 Å². The zero-order valence-electron chi connectivity index (χ0n) is 17.2. The molecule has 30 heavy (non-hydrogen) atoms. The van der Waals surface area contributed by atoms with Crippen molar-refractivity contribution in [1.82, 2.24) is 5.32 Å². The van der Waals surface area contributed by atoms with Crippen LogP contribution >= 0.6 is 23.2 Å². The Morgan fingerprint density at radius 2 is 1.77 bits per heavy atom. The van der Waals surface area contributed by atoms with Gasteiger partial charge >= 0.3 is 5.97 Å². The third-order valence-electron chi connectivity index (χ3n) is 6.83. The second-order valence-corrected chi connectivity index (χ2v) is 9.37. The Hall–Kier alpha value is -2.04. The average molecular weight is 446 g/mol. The minimum Gasteiger partial charge on any atom is -0.465 e. The van der Waals surface area contributed by atoms with Crippen LogP contribution in [-0.4, -0.2) is 25.0 Å². The first-order valence-electron chi connectivity index (χ1n) is 10.3. The summed E-state index contributed by atoms with van der Waals surface area (Å²) in [5, 5.41) is 4.40. The van der Waals surface area contributed by atoms with Crippen molar-refractivity contribution in [3.63, 3.8) is 0 Å². The monoisotopic (exact) mass is 445 g/mol. The van der Waals surface area contributed by atoms with Gasteiger partial charge in [0.05, 0.1) is 12.7 Å². The van der Waals surface area contributed by atoms with Crippen LogP contribution in [0.1, 0.15) is 53.6 Å². The maximum absolute atomic E-state index is 12.7. The molecule has 4 nitrogen and oxygen atoms in total. The molecule has 1 saturated carbocycles. The first-order chi connectivity index (χ1) is 14.3. The van der Waals surface area contributed by atoms with E-state index in [9.17, 15) is 9.59 Å². The normalized spacial score (nSPS) is 30.5. The van der Waals surface area contributed by atoms with Gasteiger partial charge in [0.2, 0.25) is 5.91 Å². The lowest BCUT2D eigenvalue weighted by Gasteiger charge is -2.44. The highest BCUT2D eigenvalue weighted by molar-refractivity contribution is 6.31. The first-order valence-corrected chi connectivity index (χ1v) is 11.0. The first kappa shape index (κ1) is 21.2. The predicted molar refractivity (Wildman–Crippen MR) is 118 cm³/mol. The van der Waals surface area contributed by atoms with Crippen LogP contribution in [0.3, 0.4) is 0 Å². The zero-order valence-corrected chi connectivity index (χ0v) is 18.7. The lowest BCUT2D eigenvalue weighted by molar-refractivity contribution is -0.125. The highest BCUT2D eigenvalue weighted by atomic mass is 35.5. The van der Waals surface area contributed by atoms with E-state index in [2.05, 4.69) is 31.3 Å². The van der Waals surface area contributed by atoms with Crippen LogP contribution in [0.4, 0.5) is 0 Å². The topological polar surface area (TPSA) is 55.4 Å². The predicted octanol–water partition coefficient (Wildman–Crippen LogP) is 5.44. The van der Waals surface area contributed by atoms with Gasteiger partial charge in [0.15, 0.2) is 0 Å². The van der Waals surface area contributed by atoms with E-state index >= 15 is 0 Å². The molecule has 1 unspecified atom stereocenters. The summed E-state index contributed by atoms with van der Waals surface area (Å²) in [7, 11) is 1.36. The lowest BCUT2D eigenvalue weighted by atomic mass is 9.58. The molecule has 4 rings (SSSR count). The number of halogens is 2. The van der Waals surface area contributed by atoms with Crippen molar-refractivity contribution in [3.05, 3.63) is 69.2 Å². The summed E-state index contributed by atoms with van der Waals surface area (Å²) in [5.74, 6) is 0.327. The Morgan fingerprint density at radius 1 is 1.07 bits per heavy atom. The molecule has 2 aromatic rings. The third kappa shape index (κ3) is 3.61. The Labute approximate surface area is 186 Å². The maximum atomic E-state index is 12.7.